The summed E-state index contributed by atoms with van der Waals surface area (Å²) in [5.74, 6) is -0.271. The number of amides is 1. The van der Waals surface area contributed by atoms with E-state index in [9.17, 15) is 9.59 Å². The summed E-state index contributed by atoms with van der Waals surface area (Å²) in [7, 11) is 0. The number of aromatic nitrogens is 1. The average molecular weight is 234 g/mol. The SMILES string of the molecule is CC1(C)CCCC1NC(=O)c1c[nH]ccc1=O. The van der Waals surface area contributed by atoms with E-state index in [4.69, 9.17) is 0 Å². The number of pyridine rings is 1. The maximum absolute atomic E-state index is 12.0. The Morgan fingerprint density at radius 1 is 1.53 bits per heavy atom. The molecule has 0 aliphatic heterocycles. The molecule has 1 fully saturated rings. The maximum atomic E-state index is 12.0. The number of hydrogen-bond acceptors (Lipinski definition) is 2. The van der Waals surface area contributed by atoms with Crippen molar-refractivity contribution in [1.29, 1.82) is 0 Å². The van der Waals surface area contributed by atoms with E-state index in [0.717, 1.165) is 19.3 Å². The van der Waals surface area contributed by atoms with Crippen LogP contribution in [0.4, 0.5) is 0 Å². The van der Waals surface area contributed by atoms with Gasteiger partial charge in [-0.15, -0.1) is 0 Å². The normalized spacial score (nSPS) is 22.4. The van der Waals surface area contributed by atoms with Crippen molar-refractivity contribution in [2.45, 2.75) is 39.2 Å². The van der Waals surface area contributed by atoms with E-state index in [1.807, 2.05) is 0 Å². The van der Waals surface area contributed by atoms with Gasteiger partial charge in [0.2, 0.25) is 0 Å². The van der Waals surface area contributed by atoms with Gasteiger partial charge in [-0.05, 0) is 18.3 Å². The Morgan fingerprint density at radius 2 is 2.29 bits per heavy atom. The molecule has 1 saturated carbocycles. The molecule has 0 bridgehead atoms. The lowest BCUT2D eigenvalue weighted by molar-refractivity contribution is 0.0908. The smallest absolute Gasteiger partial charge is 0.256 e. The zero-order chi connectivity index (χ0) is 12.5. The number of carbonyl (C=O) groups is 1. The van der Waals surface area contributed by atoms with Crippen LogP contribution in [0, 0.1) is 5.41 Å². The molecule has 2 rings (SSSR count). The molecule has 1 aliphatic carbocycles. The molecule has 0 aromatic carbocycles. The summed E-state index contributed by atoms with van der Waals surface area (Å²) in [4.78, 5) is 26.3. The molecule has 1 amide bonds. The monoisotopic (exact) mass is 234 g/mol. The zero-order valence-corrected chi connectivity index (χ0v) is 10.2. The predicted molar refractivity (Wildman–Crippen MR) is 65.9 cm³/mol. The van der Waals surface area contributed by atoms with Crippen LogP contribution >= 0.6 is 0 Å². The minimum atomic E-state index is -0.271. The van der Waals surface area contributed by atoms with Crippen molar-refractivity contribution in [3.05, 3.63) is 34.2 Å². The second kappa shape index (κ2) is 4.35. The molecule has 92 valence electrons. The molecule has 1 aromatic rings. The fraction of sp³-hybridized carbons (Fsp3) is 0.538. The van der Waals surface area contributed by atoms with Crippen molar-refractivity contribution >= 4 is 5.91 Å². The highest BCUT2D eigenvalue weighted by Gasteiger charge is 2.35. The van der Waals surface area contributed by atoms with Gasteiger partial charge in [0.05, 0.1) is 0 Å². The fourth-order valence-corrected chi connectivity index (χ4v) is 2.42. The van der Waals surface area contributed by atoms with Gasteiger partial charge in [-0.2, -0.15) is 0 Å². The molecule has 1 heterocycles. The van der Waals surface area contributed by atoms with Gasteiger partial charge in [0.25, 0.3) is 5.91 Å². The molecular formula is C13H18N2O2. The van der Waals surface area contributed by atoms with Crippen LogP contribution in [0.15, 0.2) is 23.3 Å². The number of H-pyrrole nitrogens is 1. The molecule has 1 aromatic heterocycles. The Morgan fingerprint density at radius 3 is 2.88 bits per heavy atom. The highest BCUT2D eigenvalue weighted by atomic mass is 16.2. The van der Waals surface area contributed by atoms with Crippen LogP contribution in [0.5, 0.6) is 0 Å². The lowest BCUT2D eigenvalue weighted by Gasteiger charge is -2.27. The molecule has 1 atom stereocenters. The van der Waals surface area contributed by atoms with Crippen molar-refractivity contribution in [2.75, 3.05) is 0 Å². The second-order valence-electron chi connectivity index (χ2n) is 5.33. The maximum Gasteiger partial charge on any atom is 0.256 e. The second-order valence-corrected chi connectivity index (χ2v) is 5.33. The summed E-state index contributed by atoms with van der Waals surface area (Å²) in [6.45, 7) is 4.31. The first-order valence-corrected chi connectivity index (χ1v) is 5.99. The first kappa shape index (κ1) is 11.9. The van der Waals surface area contributed by atoms with Crippen LogP contribution in [0.25, 0.3) is 0 Å². The Hall–Kier alpha value is -1.58. The third-order valence-electron chi connectivity index (χ3n) is 3.63. The summed E-state index contributed by atoms with van der Waals surface area (Å²) >= 11 is 0. The van der Waals surface area contributed by atoms with Gasteiger partial charge < -0.3 is 10.3 Å². The lowest BCUT2D eigenvalue weighted by atomic mass is 9.87. The van der Waals surface area contributed by atoms with Crippen LogP contribution in [-0.2, 0) is 0 Å². The summed E-state index contributed by atoms with van der Waals surface area (Å²) in [5.41, 5.74) is 0.0734. The Bertz CT molecular complexity index is 476. The first-order chi connectivity index (χ1) is 8.00. The van der Waals surface area contributed by atoms with E-state index in [2.05, 4.69) is 24.1 Å². The van der Waals surface area contributed by atoms with E-state index in [0.29, 0.717) is 0 Å². The molecule has 0 saturated heterocycles. The quantitative estimate of drug-likeness (QED) is 0.818. The van der Waals surface area contributed by atoms with E-state index in [-0.39, 0.29) is 28.4 Å². The minimum absolute atomic E-state index is 0.122. The molecular weight excluding hydrogens is 216 g/mol. The van der Waals surface area contributed by atoms with Crippen LogP contribution in [0.1, 0.15) is 43.5 Å². The summed E-state index contributed by atoms with van der Waals surface area (Å²) in [5, 5.41) is 2.97. The summed E-state index contributed by atoms with van der Waals surface area (Å²) in [6.07, 6.45) is 6.22. The van der Waals surface area contributed by atoms with E-state index in [1.54, 1.807) is 0 Å². The van der Waals surface area contributed by atoms with Crippen LogP contribution in [-0.4, -0.2) is 16.9 Å². The number of rotatable bonds is 2. The molecule has 1 aliphatic rings. The van der Waals surface area contributed by atoms with Gasteiger partial charge in [-0.1, -0.05) is 20.3 Å². The molecule has 0 radical (unpaired) electrons. The number of nitrogens with one attached hydrogen (secondary N) is 2. The highest BCUT2D eigenvalue weighted by molar-refractivity contribution is 5.94. The fourth-order valence-electron chi connectivity index (χ4n) is 2.42. The van der Waals surface area contributed by atoms with Gasteiger partial charge in [0.1, 0.15) is 5.56 Å². The van der Waals surface area contributed by atoms with E-state index < -0.39 is 0 Å². The molecule has 2 N–H and O–H groups in total. The van der Waals surface area contributed by atoms with Crippen molar-refractivity contribution in [3.63, 3.8) is 0 Å². The van der Waals surface area contributed by atoms with Gasteiger partial charge in [-0.25, -0.2) is 0 Å². The van der Waals surface area contributed by atoms with Gasteiger partial charge in [0.15, 0.2) is 5.43 Å². The summed E-state index contributed by atoms with van der Waals surface area (Å²) < 4.78 is 0. The van der Waals surface area contributed by atoms with Crippen molar-refractivity contribution in [1.82, 2.24) is 10.3 Å². The standard InChI is InChI=1S/C13H18N2O2/c1-13(2)6-3-4-11(13)15-12(17)9-8-14-7-5-10(9)16/h5,7-8,11H,3-4,6H2,1-2H3,(H,14,16)(H,15,17). The minimum Gasteiger partial charge on any atom is -0.367 e. The summed E-state index contributed by atoms with van der Waals surface area (Å²) in [6, 6.07) is 1.53. The van der Waals surface area contributed by atoms with Crippen molar-refractivity contribution < 1.29 is 4.79 Å². The highest BCUT2D eigenvalue weighted by Crippen LogP contribution is 2.37. The van der Waals surface area contributed by atoms with Gasteiger partial charge in [-0.3, -0.25) is 9.59 Å². The van der Waals surface area contributed by atoms with Crippen LogP contribution in [0.2, 0.25) is 0 Å². The third kappa shape index (κ3) is 2.40. The topological polar surface area (TPSA) is 62.0 Å². The molecule has 1 unspecified atom stereocenters. The van der Waals surface area contributed by atoms with E-state index in [1.165, 1.54) is 18.5 Å². The molecule has 4 heteroatoms. The van der Waals surface area contributed by atoms with Gasteiger partial charge >= 0.3 is 0 Å². The number of carbonyl (C=O) groups excluding carboxylic acids is 1. The predicted octanol–water partition coefficient (Wildman–Crippen LogP) is 1.68. The Balaban J connectivity index is 2.13. The van der Waals surface area contributed by atoms with Crippen molar-refractivity contribution in [3.8, 4) is 0 Å². The lowest BCUT2D eigenvalue weighted by Crippen LogP contribution is -2.42. The van der Waals surface area contributed by atoms with Crippen LogP contribution in [0.3, 0.4) is 0 Å². The Kier molecular flexibility index (Phi) is 3.05. The van der Waals surface area contributed by atoms with Crippen LogP contribution < -0.4 is 10.7 Å². The average Bonchev–Trinajstić information content (AvgIpc) is 2.59. The first-order valence-electron chi connectivity index (χ1n) is 5.99. The van der Waals surface area contributed by atoms with Crippen molar-refractivity contribution in [2.24, 2.45) is 5.41 Å². The largest absolute Gasteiger partial charge is 0.367 e. The molecule has 17 heavy (non-hydrogen) atoms. The number of aromatic amines is 1. The number of hydrogen-bond donors (Lipinski definition) is 2. The van der Waals surface area contributed by atoms with Gasteiger partial charge in [0, 0.05) is 24.5 Å². The molecule has 4 nitrogen and oxygen atoms in total. The van der Waals surface area contributed by atoms with E-state index >= 15 is 0 Å². The molecule has 0 spiro atoms. The Labute approximate surface area is 100 Å². The zero-order valence-electron chi connectivity index (χ0n) is 10.2. The third-order valence-corrected chi connectivity index (χ3v) is 3.63.